The maximum atomic E-state index is 13.2. The standard InChI is InChI=1S/C29H34N4O3.C5H11N.C4H10.2C2H6.CH3F/c1-4-11-33(12-5-2)29(36)26-17-24-8-6-22(18-27(24)31-28(30)19-26)21-7-9-25(20-35)23(16-21)10-13-32(3)14-15-34;1-6-4-2-3-5-6;1-3-4-2;3*1-2/h6-10,13,15-18,20H,4-5,11-12,14,19H2,1-3H3,(H2,30,31);2-5H2,1H3;3-4H2,1-2H3;2*1-2H3;1H3/b13-10-;;;;;. The van der Waals surface area contributed by atoms with E-state index in [-0.39, 0.29) is 12.5 Å². The van der Waals surface area contributed by atoms with Crippen LogP contribution in [0, 0.1) is 0 Å². The summed E-state index contributed by atoms with van der Waals surface area (Å²) < 4.78 is 9.50. The Morgan fingerprint density at radius 1 is 0.865 bits per heavy atom. The van der Waals surface area contributed by atoms with Crippen LogP contribution in [0.1, 0.15) is 122 Å². The molecule has 8 nitrogen and oxygen atoms in total. The van der Waals surface area contributed by atoms with Gasteiger partial charge < -0.3 is 25.2 Å². The molecule has 0 aromatic heterocycles. The van der Waals surface area contributed by atoms with Gasteiger partial charge in [0.25, 0.3) is 0 Å². The maximum absolute atomic E-state index is 13.2. The van der Waals surface area contributed by atoms with Crippen LogP contribution in [0.2, 0.25) is 0 Å². The number of likely N-dealkylation sites (N-methyl/N-ethyl adjacent to an activating group) is 1. The first-order valence-corrected chi connectivity index (χ1v) is 19.2. The van der Waals surface area contributed by atoms with Crippen LogP contribution in [-0.4, -0.2) is 93.0 Å². The van der Waals surface area contributed by atoms with Gasteiger partial charge in [0.05, 0.1) is 19.4 Å². The Bertz CT molecular complexity index is 1360. The number of hydrogen-bond donors (Lipinski definition) is 1. The summed E-state index contributed by atoms with van der Waals surface area (Å²) in [5, 5.41) is 0. The zero-order valence-electron chi connectivity index (χ0n) is 34.3. The predicted molar refractivity (Wildman–Crippen MR) is 223 cm³/mol. The van der Waals surface area contributed by atoms with Gasteiger partial charge in [0.15, 0.2) is 6.29 Å². The molecule has 0 aliphatic carbocycles. The number of fused-ring (bicyclic) bond motifs is 1. The Kier molecular flexibility index (Phi) is 30.4. The molecule has 2 aliphatic rings. The fraction of sp³-hybridized carbons (Fsp3) is 0.535. The van der Waals surface area contributed by atoms with Gasteiger partial charge >= 0.3 is 0 Å². The molecule has 52 heavy (non-hydrogen) atoms. The lowest BCUT2D eigenvalue weighted by Gasteiger charge is -2.22. The van der Waals surface area contributed by atoms with Gasteiger partial charge in [-0.3, -0.25) is 14.0 Å². The molecule has 0 bridgehead atoms. The van der Waals surface area contributed by atoms with Crippen LogP contribution in [0.3, 0.4) is 0 Å². The van der Waals surface area contributed by atoms with Crippen molar-refractivity contribution in [1.29, 1.82) is 0 Å². The molecule has 0 radical (unpaired) electrons. The number of alkyl halides is 1. The number of likely N-dealkylation sites (tertiary alicyclic amines) is 1. The highest BCUT2D eigenvalue weighted by Crippen LogP contribution is 2.33. The van der Waals surface area contributed by atoms with Gasteiger partial charge in [0.2, 0.25) is 5.91 Å². The number of rotatable bonds is 12. The van der Waals surface area contributed by atoms with E-state index in [0.717, 1.165) is 47.7 Å². The summed E-state index contributed by atoms with van der Waals surface area (Å²) >= 11 is 0. The lowest BCUT2D eigenvalue weighted by Crippen LogP contribution is -2.34. The van der Waals surface area contributed by atoms with E-state index in [0.29, 0.717) is 49.3 Å². The fourth-order valence-electron chi connectivity index (χ4n) is 5.03. The average Bonchev–Trinajstić information content (AvgIpc) is 3.60. The monoisotopic (exact) mass is 724 g/mol. The number of halogens is 1. The molecule has 1 amide bonds. The third-order valence-corrected chi connectivity index (χ3v) is 7.79. The number of unbranched alkanes of at least 4 members (excludes halogenated alkanes) is 1. The predicted octanol–water partition coefficient (Wildman–Crippen LogP) is 9.85. The van der Waals surface area contributed by atoms with Crippen molar-refractivity contribution >= 4 is 42.2 Å². The minimum atomic E-state index is 0.00852. The first-order chi connectivity index (χ1) is 25.2. The number of aliphatic imine (C=N–C) groups is 1. The molecule has 2 aliphatic heterocycles. The smallest absolute Gasteiger partial charge is 0.250 e. The zero-order chi connectivity index (χ0) is 39.9. The molecule has 2 aromatic rings. The quantitative estimate of drug-likeness (QED) is 0.219. The number of aldehydes is 2. The minimum absolute atomic E-state index is 0.00852. The summed E-state index contributed by atoms with van der Waals surface area (Å²) in [6, 6.07) is 11.5. The van der Waals surface area contributed by atoms with Crippen molar-refractivity contribution in [3.05, 3.63) is 64.9 Å². The second-order valence-corrected chi connectivity index (χ2v) is 11.9. The Hall–Kier alpha value is -4.11. The highest BCUT2D eigenvalue weighted by atomic mass is 19.1. The van der Waals surface area contributed by atoms with Crippen molar-refractivity contribution in [2.24, 2.45) is 10.7 Å². The van der Waals surface area contributed by atoms with E-state index in [1.807, 2.05) is 75.1 Å². The molecule has 0 atom stereocenters. The van der Waals surface area contributed by atoms with Gasteiger partial charge in [0, 0.05) is 43.3 Å². The number of nitrogens with two attached hydrogens (primary N) is 1. The maximum Gasteiger partial charge on any atom is 0.250 e. The van der Waals surface area contributed by atoms with Gasteiger partial charge in [-0.2, -0.15) is 0 Å². The summed E-state index contributed by atoms with van der Waals surface area (Å²) in [6.45, 7) is 20.8. The molecule has 0 saturated carbocycles. The summed E-state index contributed by atoms with van der Waals surface area (Å²) in [5.41, 5.74) is 11.6. The van der Waals surface area contributed by atoms with E-state index in [4.69, 9.17) is 5.73 Å². The van der Waals surface area contributed by atoms with E-state index >= 15 is 0 Å². The average molecular weight is 724 g/mol. The Morgan fingerprint density at radius 2 is 1.42 bits per heavy atom. The highest BCUT2D eigenvalue weighted by molar-refractivity contribution is 6.05. The fourth-order valence-corrected chi connectivity index (χ4v) is 5.03. The van der Waals surface area contributed by atoms with E-state index in [1.165, 1.54) is 38.8 Å². The third-order valence-electron chi connectivity index (χ3n) is 7.79. The summed E-state index contributed by atoms with van der Waals surface area (Å²) in [6.07, 6.45) is 14.7. The van der Waals surface area contributed by atoms with Gasteiger partial charge in [-0.25, -0.2) is 4.99 Å². The highest BCUT2D eigenvalue weighted by Gasteiger charge is 2.21. The Balaban J connectivity index is 0. The second-order valence-electron chi connectivity index (χ2n) is 11.9. The minimum Gasteiger partial charge on any atom is -0.387 e. The number of carbonyl (C=O) groups is 3. The van der Waals surface area contributed by atoms with E-state index < -0.39 is 0 Å². The molecule has 1 saturated heterocycles. The molecule has 292 valence electrons. The SMILES string of the molecule is CC.CC.CCCC.CCCN(CCC)C(=O)C1=Cc2ccc(-c3ccc(C=O)c(/C=C\N(C)CC=O)c3)cc2N=C(N)C1.CF.CN1CCCC1. The lowest BCUT2D eigenvalue weighted by molar-refractivity contribution is -0.127. The number of carbonyl (C=O) groups excluding carboxylic acids is 3. The number of benzene rings is 2. The van der Waals surface area contributed by atoms with E-state index in [2.05, 4.69) is 44.6 Å². The molecule has 2 N–H and O–H groups in total. The van der Waals surface area contributed by atoms with Gasteiger partial charge in [0.1, 0.15) is 12.1 Å². The third kappa shape index (κ3) is 18.9. The van der Waals surface area contributed by atoms with Crippen LogP contribution in [0.25, 0.3) is 23.3 Å². The van der Waals surface area contributed by atoms with Gasteiger partial charge in [-0.15, -0.1) is 0 Å². The first-order valence-electron chi connectivity index (χ1n) is 19.2. The van der Waals surface area contributed by atoms with Crippen LogP contribution in [0.5, 0.6) is 0 Å². The number of amides is 1. The first kappa shape index (κ1) is 50.0. The summed E-state index contributed by atoms with van der Waals surface area (Å²) in [5.74, 6) is 0.408. The molecule has 2 aromatic carbocycles. The van der Waals surface area contributed by atoms with Gasteiger partial charge in [-0.05, 0) is 93.0 Å². The van der Waals surface area contributed by atoms with Crippen LogP contribution < -0.4 is 5.73 Å². The molecular formula is C43H70FN5O3. The number of hydrogen-bond acceptors (Lipinski definition) is 7. The van der Waals surface area contributed by atoms with Crippen molar-refractivity contribution in [2.45, 2.75) is 100 Å². The van der Waals surface area contributed by atoms with Gasteiger partial charge in [-0.1, -0.05) is 92.5 Å². The molecule has 1 fully saturated rings. The van der Waals surface area contributed by atoms with E-state index in [1.54, 1.807) is 24.2 Å². The van der Waals surface area contributed by atoms with Crippen molar-refractivity contribution in [3.63, 3.8) is 0 Å². The topological polar surface area (TPSA) is 99.3 Å². The van der Waals surface area contributed by atoms with Crippen LogP contribution in [0.15, 0.2) is 53.2 Å². The zero-order valence-corrected chi connectivity index (χ0v) is 34.3. The summed E-state index contributed by atoms with van der Waals surface area (Å²) in [7, 11) is 4.47. The van der Waals surface area contributed by atoms with Crippen LogP contribution in [0.4, 0.5) is 10.1 Å². The van der Waals surface area contributed by atoms with Crippen molar-refractivity contribution in [2.75, 3.05) is 54.0 Å². The molecule has 0 spiro atoms. The van der Waals surface area contributed by atoms with Crippen LogP contribution >= 0.6 is 0 Å². The van der Waals surface area contributed by atoms with Crippen molar-refractivity contribution in [1.82, 2.24) is 14.7 Å². The number of nitrogens with zero attached hydrogens (tertiary/aromatic N) is 4. The van der Waals surface area contributed by atoms with Crippen molar-refractivity contribution < 1.29 is 18.8 Å². The molecule has 9 heteroatoms. The number of amidine groups is 1. The summed E-state index contributed by atoms with van der Waals surface area (Å²) in [4.78, 5) is 46.1. The lowest BCUT2D eigenvalue weighted by atomic mass is 9.97. The normalized spacial score (nSPS) is 12.8. The Labute approximate surface area is 316 Å². The Morgan fingerprint density at radius 3 is 1.90 bits per heavy atom. The largest absolute Gasteiger partial charge is 0.387 e. The molecule has 2 heterocycles. The molecule has 0 unspecified atom stereocenters. The molecule has 4 rings (SSSR count). The van der Waals surface area contributed by atoms with E-state index in [9.17, 15) is 18.8 Å². The van der Waals surface area contributed by atoms with Crippen molar-refractivity contribution in [3.8, 4) is 11.1 Å². The second kappa shape index (κ2) is 31.6. The molecular weight excluding hydrogens is 654 g/mol. The van der Waals surface area contributed by atoms with Crippen LogP contribution in [-0.2, 0) is 9.59 Å².